The zero-order valence-electron chi connectivity index (χ0n) is 30.6. The first-order valence-corrected chi connectivity index (χ1v) is 22.4. The van der Waals surface area contributed by atoms with Gasteiger partial charge in [0.15, 0.2) is 6.10 Å². The minimum atomic E-state index is -4.59. The predicted octanol–water partition coefficient (Wildman–Crippen LogP) is 7.50. The molecule has 49 heavy (non-hydrogen) atoms. The summed E-state index contributed by atoms with van der Waals surface area (Å²) >= 11 is 2.99. The highest BCUT2D eigenvalue weighted by Crippen LogP contribution is 2.38. The van der Waals surface area contributed by atoms with Crippen molar-refractivity contribution < 1.29 is 43.3 Å². The lowest BCUT2D eigenvalue weighted by Gasteiger charge is -2.25. The van der Waals surface area contributed by atoms with Gasteiger partial charge >= 0.3 is 11.9 Å². The number of thioether (sulfide) groups is 2. The molecule has 0 aliphatic rings. The average molecular weight is 748 g/mol. The zero-order chi connectivity index (χ0) is 36.1. The van der Waals surface area contributed by atoms with E-state index in [0.717, 1.165) is 62.9 Å². The second kappa shape index (κ2) is 36.6. The van der Waals surface area contributed by atoms with Crippen LogP contribution < -0.4 is 10.6 Å². The Morgan fingerprint density at radius 3 is 1.57 bits per heavy atom. The number of phosphoric acid groups is 1. The molecule has 0 amide bonds. The van der Waals surface area contributed by atoms with E-state index >= 15 is 0 Å². The molecule has 2 atom stereocenters. The van der Waals surface area contributed by atoms with Gasteiger partial charge in [-0.25, -0.2) is 0 Å². The molecule has 0 aromatic carbocycles. The summed E-state index contributed by atoms with van der Waals surface area (Å²) in [6.45, 7) is 3.51. The SMILES string of the molecule is CCC#CCCCCCCCCCCSCC(=O)OC[C@H](COP(=O)([O-])OCC[NH3+])OC(=O)CSCCCCCCCCCCC#CCC. The Bertz CT molecular complexity index is 979. The third kappa shape index (κ3) is 36.4. The molecule has 284 valence electrons. The summed E-state index contributed by atoms with van der Waals surface area (Å²) in [5, 5.41) is 0. The van der Waals surface area contributed by atoms with Gasteiger partial charge in [0.2, 0.25) is 0 Å². The molecule has 0 radical (unpaired) electrons. The summed E-state index contributed by atoms with van der Waals surface area (Å²) in [5.74, 6) is 13.7. The van der Waals surface area contributed by atoms with Crippen molar-refractivity contribution in [1.29, 1.82) is 0 Å². The highest BCUT2D eigenvalue weighted by atomic mass is 32.2. The van der Waals surface area contributed by atoms with Crippen LogP contribution in [-0.2, 0) is 32.7 Å². The molecule has 0 aliphatic heterocycles. The minimum absolute atomic E-state index is 0.113. The molecule has 9 nitrogen and oxygen atoms in total. The number of ether oxygens (including phenoxy) is 2. The lowest BCUT2D eigenvalue weighted by molar-refractivity contribution is -0.373. The fourth-order valence-corrected chi connectivity index (χ4v) is 7.01. The van der Waals surface area contributed by atoms with E-state index in [1.807, 2.05) is 0 Å². The van der Waals surface area contributed by atoms with Crippen molar-refractivity contribution in [2.24, 2.45) is 0 Å². The Kier molecular flexibility index (Phi) is 35.7. The van der Waals surface area contributed by atoms with E-state index in [0.29, 0.717) is 0 Å². The molecule has 0 fully saturated rings. The van der Waals surface area contributed by atoms with Crippen molar-refractivity contribution in [3.63, 3.8) is 0 Å². The molecule has 0 bridgehead atoms. The number of carbonyl (C=O) groups is 2. The van der Waals surface area contributed by atoms with E-state index < -0.39 is 32.5 Å². The van der Waals surface area contributed by atoms with Crippen LogP contribution in [0.1, 0.15) is 142 Å². The summed E-state index contributed by atoms with van der Waals surface area (Å²) in [4.78, 5) is 36.8. The van der Waals surface area contributed by atoms with E-state index in [-0.39, 0.29) is 31.3 Å². The zero-order valence-corrected chi connectivity index (χ0v) is 33.1. The summed E-state index contributed by atoms with van der Waals surface area (Å²) < 4.78 is 32.3. The van der Waals surface area contributed by atoms with Crippen LogP contribution >= 0.6 is 31.3 Å². The smallest absolute Gasteiger partial charge is 0.316 e. The van der Waals surface area contributed by atoms with E-state index in [2.05, 4.69) is 43.3 Å². The number of phosphoric ester groups is 1. The molecule has 0 rings (SSSR count). The first-order chi connectivity index (χ1) is 23.8. The topological polar surface area (TPSA) is 139 Å². The molecule has 1 unspecified atom stereocenters. The number of esters is 2. The van der Waals surface area contributed by atoms with Crippen molar-refractivity contribution in [1.82, 2.24) is 0 Å². The second-order valence-electron chi connectivity index (χ2n) is 11.9. The van der Waals surface area contributed by atoms with Crippen LogP contribution in [-0.4, -0.2) is 67.4 Å². The van der Waals surface area contributed by atoms with Crippen LogP contribution in [0.3, 0.4) is 0 Å². The minimum Gasteiger partial charge on any atom is -0.756 e. The van der Waals surface area contributed by atoms with E-state index in [4.69, 9.17) is 18.5 Å². The van der Waals surface area contributed by atoms with Crippen LogP contribution in [0.15, 0.2) is 0 Å². The summed E-state index contributed by atoms with van der Waals surface area (Å²) in [7, 11) is -4.59. The van der Waals surface area contributed by atoms with Gasteiger partial charge in [0.1, 0.15) is 13.2 Å². The average Bonchev–Trinajstić information content (AvgIpc) is 3.08. The molecule has 12 heteroatoms. The molecule has 3 N–H and O–H groups in total. The predicted molar refractivity (Wildman–Crippen MR) is 202 cm³/mol. The third-order valence-electron chi connectivity index (χ3n) is 7.26. The molecule has 0 heterocycles. The van der Waals surface area contributed by atoms with Gasteiger partial charge in [0, 0.05) is 25.7 Å². The van der Waals surface area contributed by atoms with Crippen molar-refractivity contribution >= 4 is 43.3 Å². The van der Waals surface area contributed by atoms with Gasteiger partial charge in [0.25, 0.3) is 7.82 Å². The van der Waals surface area contributed by atoms with Crippen molar-refractivity contribution in [2.75, 3.05) is 49.4 Å². The van der Waals surface area contributed by atoms with Crippen LogP contribution in [0.5, 0.6) is 0 Å². The Morgan fingerprint density at radius 1 is 0.653 bits per heavy atom. The fraction of sp³-hybridized carbons (Fsp3) is 0.838. The monoisotopic (exact) mass is 747 g/mol. The van der Waals surface area contributed by atoms with Gasteiger partial charge in [-0.05, 0) is 37.2 Å². The Labute approximate surface area is 307 Å². The van der Waals surface area contributed by atoms with E-state index in [9.17, 15) is 19.0 Å². The molecule has 0 aliphatic carbocycles. The molecule has 0 aromatic heterocycles. The normalized spacial score (nSPS) is 12.7. The van der Waals surface area contributed by atoms with Crippen LogP contribution in [0.2, 0.25) is 0 Å². The highest BCUT2D eigenvalue weighted by Gasteiger charge is 2.21. The Hall–Kier alpha value is -1.17. The maximum absolute atomic E-state index is 12.5. The van der Waals surface area contributed by atoms with E-state index in [1.165, 1.54) is 101 Å². The number of carbonyl (C=O) groups excluding carboxylic acids is 2. The number of unbranched alkanes of at least 4 members (excludes halogenated alkanes) is 16. The van der Waals surface area contributed by atoms with Crippen LogP contribution in [0, 0.1) is 23.7 Å². The van der Waals surface area contributed by atoms with E-state index in [1.54, 1.807) is 0 Å². The molecular weight excluding hydrogens is 682 g/mol. The maximum Gasteiger partial charge on any atom is 0.316 e. The summed E-state index contributed by atoms with van der Waals surface area (Å²) in [6.07, 6.45) is 21.9. The maximum atomic E-state index is 12.5. The van der Waals surface area contributed by atoms with Crippen molar-refractivity contribution in [2.45, 2.75) is 148 Å². The number of quaternary nitrogens is 1. The summed E-state index contributed by atoms with van der Waals surface area (Å²) in [6, 6.07) is 0. The first-order valence-electron chi connectivity index (χ1n) is 18.7. The second-order valence-corrected chi connectivity index (χ2v) is 15.5. The standard InChI is InChI=1S/C37H66NO8PS2/c1-3-5-7-9-11-13-15-17-19-21-23-25-29-48-33-36(39)43-31-35(32-45-47(41,42)44-28-27-38)46-37(40)34-49-30-26-24-22-20-18-16-14-12-10-8-6-4-2/h35H,3-4,9-34,38H2,1-2H3,(H,41,42)/t35-/m1/s1. The first kappa shape index (κ1) is 47.8. The van der Waals surface area contributed by atoms with Gasteiger partial charge in [-0.2, -0.15) is 23.5 Å². The quantitative estimate of drug-likeness (QED) is 0.0311. The third-order valence-corrected chi connectivity index (χ3v) is 10.3. The van der Waals surface area contributed by atoms with Gasteiger partial charge in [-0.15, -0.1) is 23.7 Å². The number of rotatable bonds is 33. The van der Waals surface area contributed by atoms with Crippen molar-refractivity contribution in [3.8, 4) is 23.7 Å². The molecule has 0 saturated carbocycles. The Morgan fingerprint density at radius 2 is 1.10 bits per heavy atom. The van der Waals surface area contributed by atoms with Crippen molar-refractivity contribution in [3.05, 3.63) is 0 Å². The van der Waals surface area contributed by atoms with Crippen LogP contribution in [0.4, 0.5) is 0 Å². The van der Waals surface area contributed by atoms with Gasteiger partial charge < -0.3 is 29.1 Å². The van der Waals surface area contributed by atoms with Gasteiger partial charge in [0.05, 0.1) is 24.7 Å². The number of hydrogen-bond acceptors (Lipinski definition) is 10. The molecule has 0 spiro atoms. The lowest BCUT2D eigenvalue weighted by Crippen LogP contribution is -2.52. The largest absolute Gasteiger partial charge is 0.756 e. The Balaban J connectivity index is 4.18. The van der Waals surface area contributed by atoms with Crippen LogP contribution in [0.25, 0.3) is 0 Å². The lowest BCUT2D eigenvalue weighted by atomic mass is 10.1. The highest BCUT2D eigenvalue weighted by molar-refractivity contribution is 8.00. The number of hydrogen-bond donors (Lipinski definition) is 1. The van der Waals surface area contributed by atoms with Gasteiger partial charge in [-0.3, -0.25) is 14.2 Å². The van der Waals surface area contributed by atoms with Gasteiger partial charge in [-0.1, -0.05) is 90.9 Å². The molecular formula is C37H66NO8PS2. The summed E-state index contributed by atoms with van der Waals surface area (Å²) in [5.41, 5.74) is 3.54. The molecule has 0 saturated heterocycles. The molecule has 0 aromatic rings. The fourth-order valence-electron chi connectivity index (χ4n) is 4.65.